The zero-order chi connectivity index (χ0) is 14.5. The molecule has 0 unspecified atom stereocenters. The van der Waals surface area contributed by atoms with Crippen LogP contribution in [0.5, 0.6) is 5.75 Å². The molecule has 2 aromatic rings. The van der Waals surface area contributed by atoms with E-state index in [1.165, 1.54) is 31.0 Å². The summed E-state index contributed by atoms with van der Waals surface area (Å²) in [5.74, 6) is 0.0224. The molecule has 2 rings (SSSR count). The molecule has 0 heterocycles. The second-order valence-corrected chi connectivity index (χ2v) is 4.81. The van der Waals surface area contributed by atoms with Gasteiger partial charge in [-0.15, -0.1) is 11.8 Å². The highest BCUT2D eigenvalue weighted by Gasteiger charge is 2.10. The van der Waals surface area contributed by atoms with Crippen LogP contribution in [0.2, 0.25) is 0 Å². The van der Waals surface area contributed by atoms with E-state index in [2.05, 4.69) is 11.4 Å². The van der Waals surface area contributed by atoms with E-state index in [1.807, 2.05) is 18.4 Å². The summed E-state index contributed by atoms with van der Waals surface area (Å²) in [6.07, 6.45) is 1.92. The van der Waals surface area contributed by atoms with E-state index in [4.69, 9.17) is 4.74 Å². The van der Waals surface area contributed by atoms with Gasteiger partial charge in [-0.25, -0.2) is 4.39 Å². The Kier molecular flexibility index (Phi) is 4.49. The predicted octanol–water partition coefficient (Wildman–Crippen LogP) is 4.17. The van der Waals surface area contributed by atoms with Gasteiger partial charge in [-0.3, -0.25) is 0 Å². The number of nitriles is 1. The van der Waals surface area contributed by atoms with E-state index in [1.54, 1.807) is 12.1 Å². The smallest absolute Gasteiger partial charge is 0.145 e. The van der Waals surface area contributed by atoms with E-state index in [0.717, 1.165) is 4.90 Å². The molecular weight excluding hydrogens is 275 g/mol. The third kappa shape index (κ3) is 2.86. The number of methoxy groups -OCH3 is 1. The molecule has 0 radical (unpaired) electrons. The zero-order valence-corrected chi connectivity index (χ0v) is 11.9. The maximum Gasteiger partial charge on any atom is 0.145 e. The Labute approximate surface area is 121 Å². The largest absolute Gasteiger partial charge is 0.494 e. The predicted molar refractivity (Wildman–Crippen MR) is 79.2 cm³/mol. The first kappa shape index (κ1) is 14.2. The molecule has 3 nitrogen and oxygen atoms in total. The van der Waals surface area contributed by atoms with Crippen molar-refractivity contribution in [3.05, 3.63) is 47.8 Å². The van der Waals surface area contributed by atoms with Crippen molar-refractivity contribution in [2.75, 3.05) is 18.7 Å². The van der Waals surface area contributed by atoms with Crippen molar-refractivity contribution in [3.63, 3.8) is 0 Å². The molecule has 20 heavy (non-hydrogen) atoms. The second kappa shape index (κ2) is 6.31. The minimum atomic E-state index is -0.370. The van der Waals surface area contributed by atoms with Crippen LogP contribution in [0.25, 0.3) is 0 Å². The van der Waals surface area contributed by atoms with Gasteiger partial charge in [0.15, 0.2) is 0 Å². The highest BCUT2D eigenvalue weighted by Crippen LogP contribution is 2.32. The molecule has 0 atom stereocenters. The lowest BCUT2D eigenvalue weighted by atomic mass is 10.2. The van der Waals surface area contributed by atoms with Crippen LogP contribution in [0.3, 0.4) is 0 Å². The number of nitrogens with one attached hydrogen (secondary N) is 1. The Morgan fingerprint density at radius 3 is 2.70 bits per heavy atom. The molecule has 2 aromatic carbocycles. The highest BCUT2D eigenvalue weighted by molar-refractivity contribution is 7.98. The number of anilines is 2. The summed E-state index contributed by atoms with van der Waals surface area (Å²) in [6.45, 7) is 0. The number of benzene rings is 2. The van der Waals surface area contributed by atoms with Crippen molar-refractivity contribution in [2.24, 2.45) is 0 Å². The summed E-state index contributed by atoms with van der Waals surface area (Å²) in [4.78, 5) is 0.888. The lowest BCUT2D eigenvalue weighted by molar-refractivity contribution is 0.413. The minimum Gasteiger partial charge on any atom is -0.494 e. The molecule has 0 saturated carbocycles. The summed E-state index contributed by atoms with van der Waals surface area (Å²) in [5.41, 5.74) is 1.85. The molecular formula is C15H13FN2OS. The molecule has 5 heteroatoms. The van der Waals surface area contributed by atoms with E-state index in [0.29, 0.717) is 22.7 Å². The molecule has 0 spiro atoms. The first-order valence-corrected chi connectivity index (χ1v) is 7.09. The summed E-state index contributed by atoms with van der Waals surface area (Å²) in [7, 11) is 1.48. The standard InChI is InChI=1S/C15H13FN2OS/c1-19-14-8-10(16)6-7-13(14)18-12-4-3-5-15(20-2)11(12)9-17/h3-8,18H,1-2H3. The number of rotatable bonds is 4. The fourth-order valence-electron chi connectivity index (χ4n) is 1.83. The summed E-state index contributed by atoms with van der Waals surface area (Å²) >= 11 is 1.50. The minimum absolute atomic E-state index is 0.370. The Morgan fingerprint density at radius 2 is 2.05 bits per heavy atom. The topological polar surface area (TPSA) is 45.0 Å². The maximum atomic E-state index is 13.2. The average molecular weight is 288 g/mol. The Hall–Kier alpha value is -2.19. The van der Waals surface area contributed by atoms with Crippen molar-refractivity contribution in [1.29, 1.82) is 5.26 Å². The van der Waals surface area contributed by atoms with Crippen molar-refractivity contribution in [1.82, 2.24) is 0 Å². The Bertz CT molecular complexity index is 667. The van der Waals surface area contributed by atoms with Crippen molar-refractivity contribution < 1.29 is 9.13 Å². The molecule has 0 amide bonds. The normalized spacial score (nSPS) is 9.90. The van der Waals surface area contributed by atoms with Crippen LogP contribution in [-0.4, -0.2) is 13.4 Å². The quantitative estimate of drug-likeness (QED) is 0.858. The molecule has 0 aliphatic rings. The van der Waals surface area contributed by atoms with Crippen molar-refractivity contribution >= 4 is 23.1 Å². The van der Waals surface area contributed by atoms with Crippen LogP contribution in [0.15, 0.2) is 41.3 Å². The van der Waals surface area contributed by atoms with Crippen LogP contribution >= 0.6 is 11.8 Å². The average Bonchev–Trinajstić information content (AvgIpc) is 2.48. The van der Waals surface area contributed by atoms with E-state index >= 15 is 0 Å². The fraction of sp³-hybridized carbons (Fsp3) is 0.133. The molecule has 102 valence electrons. The summed E-state index contributed by atoms with van der Waals surface area (Å²) < 4.78 is 18.3. The Balaban J connectivity index is 2.43. The van der Waals surface area contributed by atoms with Crippen LogP contribution in [0.1, 0.15) is 5.56 Å². The monoisotopic (exact) mass is 288 g/mol. The number of ether oxygens (including phenoxy) is 1. The van der Waals surface area contributed by atoms with Gasteiger partial charge in [0.2, 0.25) is 0 Å². The third-order valence-corrected chi connectivity index (χ3v) is 3.57. The van der Waals surface area contributed by atoms with Gasteiger partial charge in [0.25, 0.3) is 0 Å². The number of halogens is 1. The van der Waals surface area contributed by atoms with E-state index < -0.39 is 0 Å². The van der Waals surface area contributed by atoms with Crippen molar-refractivity contribution in [3.8, 4) is 11.8 Å². The first-order valence-electron chi connectivity index (χ1n) is 5.87. The SMILES string of the molecule is COc1cc(F)ccc1Nc1cccc(SC)c1C#N. The van der Waals surface area contributed by atoms with Crippen LogP contribution < -0.4 is 10.1 Å². The van der Waals surface area contributed by atoms with Gasteiger partial charge >= 0.3 is 0 Å². The highest BCUT2D eigenvalue weighted by atomic mass is 32.2. The van der Waals surface area contributed by atoms with Gasteiger partial charge in [0.1, 0.15) is 17.6 Å². The maximum absolute atomic E-state index is 13.2. The fourth-order valence-corrected chi connectivity index (χ4v) is 2.41. The summed E-state index contributed by atoms with van der Waals surface area (Å²) in [5, 5.41) is 12.4. The molecule has 0 fully saturated rings. The van der Waals surface area contributed by atoms with Gasteiger partial charge in [-0.05, 0) is 30.5 Å². The van der Waals surface area contributed by atoms with Gasteiger partial charge < -0.3 is 10.1 Å². The second-order valence-electron chi connectivity index (χ2n) is 3.96. The number of hydrogen-bond donors (Lipinski definition) is 1. The van der Waals surface area contributed by atoms with E-state index in [9.17, 15) is 9.65 Å². The Morgan fingerprint density at radius 1 is 1.25 bits per heavy atom. The van der Waals surface area contributed by atoms with Crippen molar-refractivity contribution in [2.45, 2.75) is 4.90 Å². The van der Waals surface area contributed by atoms with Gasteiger partial charge in [0.05, 0.1) is 24.0 Å². The lowest BCUT2D eigenvalue weighted by Gasteiger charge is -2.13. The zero-order valence-electron chi connectivity index (χ0n) is 11.1. The van der Waals surface area contributed by atoms with Crippen LogP contribution in [0.4, 0.5) is 15.8 Å². The number of thioether (sulfide) groups is 1. The number of nitrogens with zero attached hydrogens (tertiary/aromatic N) is 1. The molecule has 0 aliphatic heterocycles. The van der Waals surface area contributed by atoms with E-state index in [-0.39, 0.29) is 5.82 Å². The number of hydrogen-bond acceptors (Lipinski definition) is 4. The molecule has 0 bridgehead atoms. The lowest BCUT2D eigenvalue weighted by Crippen LogP contribution is -1.98. The first-order chi connectivity index (χ1) is 9.69. The van der Waals surface area contributed by atoms with Gasteiger partial charge in [-0.1, -0.05) is 6.07 Å². The van der Waals surface area contributed by atoms with Gasteiger partial charge in [-0.2, -0.15) is 5.26 Å². The molecule has 0 aliphatic carbocycles. The van der Waals surface area contributed by atoms with Gasteiger partial charge in [0, 0.05) is 11.0 Å². The van der Waals surface area contributed by atoms with Crippen LogP contribution in [-0.2, 0) is 0 Å². The summed E-state index contributed by atoms with van der Waals surface area (Å²) in [6, 6.07) is 12.0. The molecule has 0 aromatic heterocycles. The van der Waals surface area contributed by atoms with Crippen LogP contribution in [0, 0.1) is 17.1 Å². The molecule has 0 saturated heterocycles. The third-order valence-electron chi connectivity index (χ3n) is 2.79. The molecule has 1 N–H and O–H groups in total.